The van der Waals surface area contributed by atoms with Gasteiger partial charge in [0.1, 0.15) is 11.6 Å². The number of piperazine rings is 1. The third-order valence-corrected chi connectivity index (χ3v) is 7.59. The molecule has 1 saturated heterocycles. The summed E-state index contributed by atoms with van der Waals surface area (Å²) in [5.41, 5.74) is 2.56. The van der Waals surface area contributed by atoms with Gasteiger partial charge in [-0.25, -0.2) is 17.8 Å². The van der Waals surface area contributed by atoms with Gasteiger partial charge >= 0.3 is 0 Å². The third-order valence-electron chi connectivity index (χ3n) is 5.80. The van der Waals surface area contributed by atoms with E-state index in [1.54, 1.807) is 0 Å². The Labute approximate surface area is 172 Å². The number of hydrogen-bond acceptors (Lipinski definition) is 5. The van der Waals surface area contributed by atoms with Crippen LogP contribution in [0.2, 0.25) is 0 Å². The second kappa shape index (κ2) is 8.38. The third kappa shape index (κ3) is 4.60. The molecule has 0 radical (unpaired) electrons. The van der Waals surface area contributed by atoms with Crippen molar-refractivity contribution < 1.29 is 12.8 Å². The first-order valence-corrected chi connectivity index (χ1v) is 11.7. The van der Waals surface area contributed by atoms with Gasteiger partial charge in [0.05, 0.1) is 5.75 Å². The smallest absolute Gasteiger partial charge is 0.218 e. The van der Waals surface area contributed by atoms with Crippen molar-refractivity contribution in [2.45, 2.75) is 25.6 Å². The molecule has 4 rings (SSSR count). The van der Waals surface area contributed by atoms with E-state index in [4.69, 9.17) is 4.98 Å². The van der Waals surface area contributed by atoms with E-state index in [9.17, 15) is 12.8 Å². The number of fused-ring (bicyclic) bond motifs is 1. The molecular formula is C21H27FN4O2S. The van der Waals surface area contributed by atoms with Crippen LogP contribution in [-0.2, 0) is 28.7 Å². The van der Waals surface area contributed by atoms with Crippen molar-refractivity contribution in [3.05, 3.63) is 59.0 Å². The summed E-state index contributed by atoms with van der Waals surface area (Å²) in [4.78, 5) is 9.58. The van der Waals surface area contributed by atoms with E-state index in [0.717, 1.165) is 49.8 Å². The summed E-state index contributed by atoms with van der Waals surface area (Å²) < 4.78 is 40.2. The van der Waals surface area contributed by atoms with Crippen LogP contribution in [0.4, 0.5) is 10.2 Å². The molecule has 0 spiro atoms. The van der Waals surface area contributed by atoms with E-state index in [1.165, 1.54) is 28.6 Å². The van der Waals surface area contributed by atoms with E-state index in [1.807, 2.05) is 12.1 Å². The summed E-state index contributed by atoms with van der Waals surface area (Å²) in [6.07, 6.45) is 0.612. The number of hydrogen-bond donors (Lipinski definition) is 0. The maximum absolute atomic E-state index is 13.1. The molecule has 0 bridgehead atoms. The van der Waals surface area contributed by atoms with Gasteiger partial charge in [0.25, 0.3) is 0 Å². The molecule has 0 saturated carbocycles. The molecule has 0 N–H and O–H groups in total. The molecule has 156 valence electrons. The number of halogens is 1. The fourth-order valence-electron chi connectivity index (χ4n) is 3.97. The highest BCUT2D eigenvalue weighted by atomic mass is 32.2. The lowest BCUT2D eigenvalue weighted by atomic mass is 10.1. The zero-order valence-electron chi connectivity index (χ0n) is 16.7. The maximum Gasteiger partial charge on any atom is 0.218 e. The molecule has 2 aliphatic rings. The van der Waals surface area contributed by atoms with Gasteiger partial charge in [0.2, 0.25) is 10.0 Å². The average molecular weight is 419 g/mol. The standard InChI is InChI=1S/C21H27FN4O2S/c1-2-24-11-13-25(14-12-24)21-8-5-18-15-26(10-9-20(18)23-21)29(27,28)16-17-3-6-19(22)7-4-17/h3-8H,2,9-16H2,1H3. The van der Waals surface area contributed by atoms with Crippen LogP contribution in [0.3, 0.4) is 0 Å². The minimum atomic E-state index is -3.46. The molecule has 0 aliphatic carbocycles. The monoisotopic (exact) mass is 418 g/mol. The first-order valence-electron chi connectivity index (χ1n) is 10.1. The SMILES string of the molecule is CCN1CCN(c2ccc3c(n2)CCN(S(=O)(=O)Cc2ccc(F)cc2)C3)CC1. The van der Waals surface area contributed by atoms with Crippen molar-refractivity contribution in [3.63, 3.8) is 0 Å². The van der Waals surface area contributed by atoms with E-state index < -0.39 is 10.0 Å². The van der Waals surface area contributed by atoms with Crippen LogP contribution in [0.1, 0.15) is 23.7 Å². The van der Waals surface area contributed by atoms with E-state index in [0.29, 0.717) is 25.1 Å². The largest absolute Gasteiger partial charge is 0.354 e. The van der Waals surface area contributed by atoms with Gasteiger partial charge in [-0.1, -0.05) is 25.1 Å². The Balaban J connectivity index is 1.44. The molecule has 1 fully saturated rings. The normalized spacial score (nSPS) is 18.6. The second-order valence-electron chi connectivity index (χ2n) is 7.66. The number of sulfonamides is 1. The molecule has 8 heteroatoms. The van der Waals surface area contributed by atoms with E-state index in [2.05, 4.69) is 16.7 Å². The van der Waals surface area contributed by atoms with Gasteiger partial charge < -0.3 is 9.80 Å². The predicted molar refractivity (Wildman–Crippen MR) is 112 cm³/mol. The van der Waals surface area contributed by atoms with Crippen LogP contribution < -0.4 is 4.90 Å². The number of pyridine rings is 1. The Bertz CT molecular complexity index is 957. The van der Waals surface area contributed by atoms with Crippen molar-refractivity contribution >= 4 is 15.8 Å². The molecule has 29 heavy (non-hydrogen) atoms. The van der Waals surface area contributed by atoms with Gasteiger partial charge in [-0.15, -0.1) is 0 Å². The topological polar surface area (TPSA) is 56.8 Å². The number of aromatic nitrogens is 1. The summed E-state index contributed by atoms with van der Waals surface area (Å²) in [5.74, 6) is 0.508. The number of likely N-dealkylation sites (N-methyl/N-ethyl adjacent to an activating group) is 1. The Morgan fingerprint density at radius 2 is 1.72 bits per heavy atom. The number of benzene rings is 1. The molecule has 0 unspecified atom stereocenters. The van der Waals surface area contributed by atoms with Crippen LogP contribution in [0.25, 0.3) is 0 Å². The van der Waals surface area contributed by atoms with Gasteiger partial charge in [0.15, 0.2) is 0 Å². The molecule has 1 aromatic heterocycles. The first kappa shape index (κ1) is 20.3. The number of anilines is 1. The summed E-state index contributed by atoms with van der Waals surface area (Å²) >= 11 is 0. The molecule has 2 aromatic rings. The highest BCUT2D eigenvalue weighted by Crippen LogP contribution is 2.25. The van der Waals surface area contributed by atoms with Gasteiger partial charge in [-0.3, -0.25) is 0 Å². The average Bonchev–Trinajstić information content (AvgIpc) is 2.74. The van der Waals surface area contributed by atoms with Crippen molar-refractivity contribution in [1.29, 1.82) is 0 Å². The van der Waals surface area contributed by atoms with E-state index in [-0.39, 0.29) is 11.6 Å². The summed E-state index contributed by atoms with van der Waals surface area (Å²) in [6.45, 7) is 8.06. The molecule has 3 heterocycles. The van der Waals surface area contributed by atoms with Crippen LogP contribution in [0.5, 0.6) is 0 Å². The molecular weight excluding hydrogens is 391 g/mol. The Kier molecular flexibility index (Phi) is 5.85. The molecule has 0 amide bonds. The number of rotatable bonds is 5. The zero-order valence-corrected chi connectivity index (χ0v) is 17.5. The lowest BCUT2D eigenvalue weighted by molar-refractivity contribution is 0.270. The highest BCUT2D eigenvalue weighted by molar-refractivity contribution is 7.88. The van der Waals surface area contributed by atoms with Crippen LogP contribution in [0.15, 0.2) is 36.4 Å². The predicted octanol–water partition coefficient (Wildman–Crippen LogP) is 2.25. The van der Waals surface area contributed by atoms with Crippen LogP contribution >= 0.6 is 0 Å². The lowest BCUT2D eigenvalue weighted by Crippen LogP contribution is -2.46. The number of nitrogens with zero attached hydrogens (tertiary/aromatic N) is 4. The van der Waals surface area contributed by atoms with Crippen molar-refractivity contribution in [2.75, 3.05) is 44.2 Å². The summed E-state index contributed by atoms with van der Waals surface area (Å²) in [6, 6.07) is 9.66. The molecule has 2 aliphatic heterocycles. The zero-order chi connectivity index (χ0) is 20.4. The Hall–Kier alpha value is -2.03. The second-order valence-corrected chi connectivity index (χ2v) is 9.63. The Morgan fingerprint density at radius 1 is 1.00 bits per heavy atom. The maximum atomic E-state index is 13.1. The van der Waals surface area contributed by atoms with Crippen molar-refractivity contribution in [1.82, 2.24) is 14.2 Å². The highest BCUT2D eigenvalue weighted by Gasteiger charge is 2.28. The summed E-state index contributed by atoms with van der Waals surface area (Å²) in [5, 5.41) is 0. The van der Waals surface area contributed by atoms with Gasteiger partial charge in [-0.05, 0) is 35.9 Å². The molecule has 1 aromatic carbocycles. The quantitative estimate of drug-likeness (QED) is 0.746. The van der Waals surface area contributed by atoms with Crippen molar-refractivity contribution in [2.24, 2.45) is 0 Å². The lowest BCUT2D eigenvalue weighted by Gasteiger charge is -2.35. The minimum Gasteiger partial charge on any atom is -0.354 e. The molecule has 0 atom stereocenters. The first-order chi connectivity index (χ1) is 13.9. The van der Waals surface area contributed by atoms with Gasteiger partial charge in [-0.2, -0.15) is 4.31 Å². The van der Waals surface area contributed by atoms with Crippen molar-refractivity contribution in [3.8, 4) is 0 Å². The van der Waals surface area contributed by atoms with Gasteiger partial charge in [0, 0.05) is 51.4 Å². The Morgan fingerprint density at radius 3 is 2.41 bits per heavy atom. The van der Waals surface area contributed by atoms with Crippen LogP contribution in [0, 0.1) is 5.82 Å². The van der Waals surface area contributed by atoms with Crippen LogP contribution in [-0.4, -0.2) is 61.9 Å². The summed E-state index contributed by atoms with van der Waals surface area (Å²) in [7, 11) is -3.46. The van der Waals surface area contributed by atoms with E-state index >= 15 is 0 Å². The fraction of sp³-hybridized carbons (Fsp3) is 0.476. The molecule has 6 nitrogen and oxygen atoms in total. The minimum absolute atomic E-state index is 0.115. The fourth-order valence-corrected chi connectivity index (χ4v) is 5.47.